The average Bonchev–Trinajstić information content (AvgIpc) is 2.59. The first-order valence-corrected chi connectivity index (χ1v) is 8.02. The van der Waals surface area contributed by atoms with Gasteiger partial charge < -0.3 is 19.9 Å². The van der Waals surface area contributed by atoms with E-state index in [1.165, 1.54) is 6.92 Å². The summed E-state index contributed by atoms with van der Waals surface area (Å²) in [7, 11) is 2.20. The van der Waals surface area contributed by atoms with E-state index in [-0.39, 0.29) is 11.8 Å². The molecule has 0 unspecified atom stereocenters. The van der Waals surface area contributed by atoms with Crippen molar-refractivity contribution in [3.8, 4) is 0 Å². The van der Waals surface area contributed by atoms with E-state index in [1.54, 1.807) is 0 Å². The second kappa shape index (κ2) is 9.24. The van der Waals surface area contributed by atoms with Gasteiger partial charge >= 0.3 is 17.9 Å². The van der Waals surface area contributed by atoms with Gasteiger partial charge in [0.1, 0.15) is 6.04 Å². The number of carbonyl (C=O) groups excluding carboxylic acids is 3. The van der Waals surface area contributed by atoms with Crippen LogP contribution in [-0.2, 0) is 28.7 Å². The normalized spacial score (nSPS) is 17.7. The SMILES string of the molecule is COC(=O)C(C(=O)OC)[C@@H](C)[C@@H](NC(=O)C1CCCCC1)C(=O)O. The highest BCUT2D eigenvalue weighted by molar-refractivity contribution is 5.96. The number of amides is 1. The zero-order valence-electron chi connectivity index (χ0n) is 14.2. The maximum absolute atomic E-state index is 12.3. The summed E-state index contributed by atoms with van der Waals surface area (Å²) in [6.07, 6.45) is 4.35. The molecule has 0 saturated heterocycles. The smallest absolute Gasteiger partial charge is 0.326 e. The minimum atomic E-state index is -1.42. The number of carboxylic acids is 1. The third kappa shape index (κ3) is 4.94. The molecular formula is C16H25NO7. The fourth-order valence-electron chi connectivity index (χ4n) is 3.03. The molecule has 8 heteroatoms. The van der Waals surface area contributed by atoms with Crippen LogP contribution in [0, 0.1) is 17.8 Å². The Morgan fingerprint density at radius 2 is 1.50 bits per heavy atom. The van der Waals surface area contributed by atoms with Crippen LogP contribution in [0.1, 0.15) is 39.0 Å². The molecule has 24 heavy (non-hydrogen) atoms. The Labute approximate surface area is 140 Å². The number of hydrogen-bond acceptors (Lipinski definition) is 6. The van der Waals surface area contributed by atoms with E-state index in [2.05, 4.69) is 14.8 Å². The zero-order chi connectivity index (χ0) is 18.3. The van der Waals surface area contributed by atoms with Crippen molar-refractivity contribution in [2.75, 3.05) is 14.2 Å². The van der Waals surface area contributed by atoms with Crippen LogP contribution in [0.25, 0.3) is 0 Å². The summed E-state index contributed by atoms with van der Waals surface area (Å²) in [4.78, 5) is 47.6. The van der Waals surface area contributed by atoms with E-state index in [1.807, 2.05) is 0 Å². The van der Waals surface area contributed by atoms with E-state index in [0.29, 0.717) is 12.8 Å². The Balaban J connectivity index is 2.91. The molecular weight excluding hydrogens is 318 g/mol. The standard InChI is InChI=1S/C16H25NO7/c1-9(11(15(21)23-2)16(22)24-3)12(14(19)20)17-13(18)10-7-5-4-6-8-10/h9-12H,4-8H2,1-3H3,(H,17,18)(H,19,20)/t9-,12-/m1/s1. The number of aliphatic carboxylic acids is 1. The number of esters is 2. The molecule has 1 aliphatic rings. The Bertz CT molecular complexity index is 469. The van der Waals surface area contributed by atoms with E-state index >= 15 is 0 Å². The van der Waals surface area contributed by atoms with Crippen molar-refractivity contribution < 1.29 is 33.8 Å². The largest absolute Gasteiger partial charge is 0.480 e. The number of nitrogens with one attached hydrogen (secondary N) is 1. The molecule has 0 spiro atoms. The molecule has 1 amide bonds. The first kappa shape index (κ1) is 19.9. The summed E-state index contributed by atoms with van der Waals surface area (Å²) in [6, 6.07) is -1.39. The summed E-state index contributed by atoms with van der Waals surface area (Å²) in [5, 5.41) is 11.9. The van der Waals surface area contributed by atoms with Gasteiger partial charge in [0.05, 0.1) is 14.2 Å². The molecule has 2 atom stereocenters. The number of carbonyl (C=O) groups is 4. The third-order valence-electron chi connectivity index (χ3n) is 4.50. The molecule has 0 aromatic rings. The van der Waals surface area contributed by atoms with Crippen molar-refractivity contribution >= 4 is 23.8 Å². The van der Waals surface area contributed by atoms with Gasteiger partial charge in [-0.05, 0) is 12.8 Å². The fraction of sp³-hybridized carbons (Fsp3) is 0.750. The topological polar surface area (TPSA) is 119 Å². The molecule has 0 aromatic carbocycles. The number of hydrogen-bond donors (Lipinski definition) is 2. The number of ether oxygens (including phenoxy) is 2. The van der Waals surface area contributed by atoms with Crippen molar-refractivity contribution in [3.63, 3.8) is 0 Å². The van der Waals surface area contributed by atoms with E-state index in [4.69, 9.17) is 0 Å². The maximum Gasteiger partial charge on any atom is 0.326 e. The highest BCUT2D eigenvalue weighted by atomic mass is 16.5. The van der Waals surface area contributed by atoms with Crippen LogP contribution in [0.15, 0.2) is 0 Å². The molecule has 8 nitrogen and oxygen atoms in total. The third-order valence-corrected chi connectivity index (χ3v) is 4.50. The van der Waals surface area contributed by atoms with Crippen LogP contribution in [0.2, 0.25) is 0 Å². The van der Waals surface area contributed by atoms with Gasteiger partial charge in [0, 0.05) is 11.8 Å². The first-order valence-electron chi connectivity index (χ1n) is 8.02. The van der Waals surface area contributed by atoms with Crippen molar-refractivity contribution in [2.24, 2.45) is 17.8 Å². The summed E-state index contributed by atoms with van der Waals surface area (Å²) in [5.74, 6) is -6.14. The Morgan fingerprint density at radius 1 is 1.00 bits per heavy atom. The van der Waals surface area contributed by atoms with Crippen LogP contribution in [0.4, 0.5) is 0 Å². The highest BCUT2D eigenvalue weighted by Gasteiger charge is 2.42. The van der Waals surface area contributed by atoms with E-state index in [0.717, 1.165) is 33.5 Å². The molecule has 136 valence electrons. The van der Waals surface area contributed by atoms with Crippen molar-refractivity contribution in [1.29, 1.82) is 0 Å². The van der Waals surface area contributed by atoms with Gasteiger partial charge in [-0.25, -0.2) is 4.79 Å². The lowest BCUT2D eigenvalue weighted by Crippen LogP contribution is -2.52. The van der Waals surface area contributed by atoms with Crippen LogP contribution < -0.4 is 5.32 Å². The molecule has 0 aliphatic heterocycles. The quantitative estimate of drug-likeness (QED) is 0.517. The Hall–Kier alpha value is -2.12. The lowest BCUT2D eigenvalue weighted by Gasteiger charge is -2.28. The minimum absolute atomic E-state index is 0.234. The second-order valence-corrected chi connectivity index (χ2v) is 6.04. The molecule has 2 N–H and O–H groups in total. The van der Waals surface area contributed by atoms with E-state index in [9.17, 15) is 24.3 Å². The predicted octanol–water partition coefficient (Wildman–Crippen LogP) is 0.734. The lowest BCUT2D eigenvalue weighted by molar-refractivity contribution is -0.163. The van der Waals surface area contributed by atoms with Crippen molar-refractivity contribution in [3.05, 3.63) is 0 Å². The second-order valence-electron chi connectivity index (χ2n) is 6.04. The fourth-order valence-corrected chi connectivity index (χ4v) is 3.03. The predicted molar refractivity (Wildman–Crippen MR) is 82.8 cm³/mol. The highest BCUT2D eigenvalue weighted by Crippen LogP contribution is 2.25. The molecule has 1 saturated carbocycles. The number of rotatable bonds is 7. The summed E-state index contributed by atoms with van der Waals surface area (Å²) in [6.45, 7) is 1.40. The lowest BCUT2D eigenvalue weighted by atomic mass is 9.85. The molecule has 1 rings (SSSR count). The summed E-state index contributed by atoms with van der Waals surface area (Å²) < 4.78 is 9.12. The number of methoxy groups -OCH3 is 2. The molecule has 1 fully saturated rings. The van der Waals surface area contributed by atoms with Gasteiger partial charge in [-0.2, -0.15) is 0 Å². The summed E-state index contributed by atoms with van der Waals surface area (Å²) >= 11 is 0. The van der Waals surface area contributed by atoms with Gasteiger partial charge in [-0.3, -0.25) is 14.4 Å². The minimum Gasteiger partial charge on any atom is -0.480 e. The van der Waals surface area contributed by atoms with Gasteiger partial charge in [-0.15, -0.1) is 0 Å². The maximum atomic E-state index is 12.3. The van der Waals surface area contributed by atoms with E-state index < -0.39 is 35.8 Å². The number of carboxylic acid groups (broad SMARTS) is 1. The van der Waals surface area contributed by atoms with Crippen molar-refractivity contribution in [2.45, 2.75) is 45.1 Å². The molecule has 1 aliphatic carbocycles. The van der Waals surface area contributed by atoms with Gasteiger partial charge in [0.2, 0.25) is 5.91 Å². The summed E-state index contributed by atoms with van der Waals surface area (Å²) in [5.41, 5.74) is 0. The van der Waals surface area contributed by atoms with Crippen molar-refractivity contribution in [1.82, 2.24) is 5.32 Å². The molecule has 0 aromatic heterocycles. The molecule has 0 radical (unpaired) electrons. The molecule has 0 bridgehead atoms. The Kier molecular flexibility index (Phi) is 7.67. The Morgan fingerprint density at radius 3 is 1.92 bits per heavy atom. The zero-order valence-corrected chi connectivity index (χ0v) is 14.2. The van der Waals surface area contributed by atoms with Crippen LogP contribution in [0.3, 0.4) is 0 Å². The van der Waals surface area contributed by atoms with Gasteiger partial charge in [0.25, 0.3) is 0 Å². The first-order chi connectivity index (χ1) is 11.3. The monoisotopic (exact) mass is 343 g/mol. The molecule has 0 heterocycles. The van der Waals surface area contributed by atoms with Gasteiger partial charge in [0.15, 0.2) is 5.92 Å². The van der Waals surface area contributed by atoms with Crippen LogP contribution >= 0.6 is 0 Å². The van der Waals surface area contributed by atoms with Crippen LogP contribution in [0.5, 0.6) is 0 Å². The van der Waals surface area contributed by atoms with Gasteiger partial charge in [-0.1, -0.05) is 26.2 Å². The average molecular weight is 343 g/mol. The van der Waals surface area contributed by atoms with Crippen LogP contribution in [-0.4, -0.2) is 49.2 Å².